The fraction of sp³-hybridized carbons (Fsp3) is 0.938. The molecule has 1 heterocycles. The third-order valence-corrected chi connectivity index (χ3v) is 5.07. The Morgan fingerprint density at radius 2 is 1.55 bits per heavy atom. The molecule has 1 unspecified atom stereocenters. The van der Waals surface area contributed by atoms with E-state index in [1.54, 1.807) is 0 Å². The lowest BCUT2D eigenvalue weighted by molar-refractivity contribution is -0.150. The highest BCUT2D eigenvalue weighted by Crippen LogP contribution is 2.26. The van der Waals surface area contributed by atoms with Crippen LogP contribution >= 0.6 is 0 Å². The van der Waals surface area contributed by atoms with Gasteiger partial charge in [-0.3, -0.25) is 0 Å². The summed E-state index contributed by atoms with van der Waals surface area (Å²) in [4.78, 5) is 13.3. The van der Waals surface area contributed by atoms with Crippen molar-refractivity contribution < 1.29 is 15.0 Å². The van der Waals surface area contributed by atoms with Gasteiger partial charge in [0.2, 0.25) is 0 Å². The molecule has 0 spiro atoms. The van der Waals surface area contributed by atoms with Crippen LogP contribution in [0.5, 0.6) is 0 Å². The largest absolute Gasteiger partial charge is 0.479 e. The van der Waals surface area contributed by atoms with E-state index in [4.69, 9.17) is 5.11 Å². The average Bonchev–Trinajstić information content (AvgIpc) is 2.41. The van der Waals surface area contributed by atoms with Crippen LogP contribution in [-0.4, -0.2) is 46.8 Å². The number of nitrogens with zero attached hydrogens (tertiary/aromatic N) is 1. The third-order valence-electron chi connectivity index (χ3n) is 5.07. The molecule has 1 saturated carbocycles. The normalized spacial score (nSPS) is 25.9. The topological polar surface area (TPSA) is 60.8 Å². The Kier molecular flexibility index (Phi) is 6.30. The van der Waals surface area contributed by atoms with Gasteiger partial charge in [-0.25, -0.2) is 4.79 Å². The summed E-state index contributed by atoms with van der Waals surface area (Å²) >= 11 is 0. The van der Waals surface area contributed by atoms with Crippen LogP contribution in [0.15, 0.2) is 0 Å². The first-order valence-corrected chi connectivity index (χ1v) is 8.30. The number of hydrogen-bond acceptors (Lipinski definition) is 3. The van der Waals surface area contributed by atoms with Crippen LogP contribution in [-0.2, 0) is 4.79 Å². The molecule has 0 bridgehead atoms. The molecular formula is C16H29NO3. The highest BCUT2D eigenvalue weighted by molar-refractivity contribution is 5.72. The quantitative estimate of drug-likeness (QED) is 0.832. The van der Waals surface area contributed by atoms with Crippen molar-refractivity contribution >= 4 is 5.97 Å². The van der Waals surface area contributed by atoms with Gasteiger partial charge in [0.05, 0.1) is 0 Å². The Bertz CT molecular complexity index is 292. The first-order chi connectivity index (χ1) is 9.66. The van der Waals surface area contributed by atoms with Gasteiger partial charge in [0.1, 0.15) is 0 Å². The second kappa shape index (κ2) is 7.99. The zero-order valence-corrected chi connectivity index (χ0v) is 12.5. The van der Waals surface area contributed by atoms with Gasteiger partial charge < -0.3 is 15.1 Å². The summed E-state index contributed by atoms with van der Waals surface area (Å²) in [5, 5.41) is 18.5. The monoisotopic (exact) mass is 283 g/mol. The van der Waals surface area contributed by atoms with Crippen molar-refractivity contribution in [2.24, 2.45) is 11.8 Å². The lowest BCUT2D eigenvalue weighted by atomic mass is 9.88. The summed E-state index contributed by atoms with van der Waals surface area (Å²) in [5.74, 6) is -0.291. The van der Waals surface area contributed by atoms with Gasteiger partial charge in [-0.1, -0.05) is 32.1 Å². The summed E-state index contributed by atoms with van der Waals surface area (Å²) in [6.45, 7) is 3.08. The highest BCUT2D eigenvalue weighted by Gasteiger charge is 2.30. The minimum Gasteiger partial charge on any atom is -0.479 e. The summed E-state index contributed by atoms with van der Waals surface area (Å²) < 4.78 is 0. The van der Waals surface area contributed by atoms with E-state index in [1.165, 1.54) is 51.5 Å². The van der Waals surface area contributed by atoms with Gasteiger partial charge >= 0.3 is 5.97 Å². The van der Waals surface area contributed by atoms with Crippen molar-refractivity contribution in [3.05, 3.63) is 0 Å². The number of rotatable bonds is 4. The molecule has 0 radical (unpaired) electrons. The molecule has 1 aliphatic heterocycles. The van der Waals surface area contributed by atoms with E-state index in [-0.39, 0.29) is 5.92 Å². The molecule has 1 aliphatic carbocycles. The number of hydrogen-bond donors (Lipinski definition) is 2. The minimum atomic E-state index is -1.17. The van der Waals surface area contributed by atoms with E-state index >= 15 is 0 Å². The zero-order chi connectivity index (χ0) is 14.4. The average molecular weight is 283 g/mol. The van der Waals surface area contributed by atoms with Gasteiger partial charge in [-0.15, -0.1) is 0 Å². The van der Waals surface area contributed by atoms with Crippen molar-refractivity contribution in [3.63, 3.8) is 0 Å². The van der Waals surface area contributed by atoms with Crippen LogP contribution in [0.25, 0.3) is 0 Å². The first kappa shape index (κ1) is 15.8. The Labute approximate surface area is 122 Å². The van der Waals surface area contributed by atoms with Crippen molar-refractivity contribution in [2.75, 3.05) is 19.6 Å². The highest BCUT2D eigenvalue weighted by atomic mass is 16.4. The van der Waals surface area contributed by atoms with Gasteiger partial charge in [0.15, 0.2) is 6.10 Å². The molecule has 116 valence electrons. The molecule has 0 aromatic heterocycles. The molecule has 2 fully saturated rings. The Morgan fingerprint density at radius 3 is 2.10 bits per heavy atom. The molecule has 2 rings (SSSR count). The number of carboxylic acids is 1. The molecular weight excluding hydrogens is 254 g/mol. The predicted octanol–water partition coefficient (Wildman–Crippen LogP) is 2.50. The lowest BCUT2D eigenvalue weighted by Crippen LogP contribution is -2.42. The minimum absolute atomic E-state index is 0.0546. The molecule has 2 N–H and O–H groups in total. The predicted molar refractivity (Wildman–Crippen MR) is 78.6 cm³/mol. The number of carboxylic acid groups (broad SMARTS) is 1. The molecule has 0 amide bonds. The van der Waals surface area contributed by atoms with Crippen LogP contribution in [0.1, 0.15) is 57.8 Å². The number of piperidine rings is 1. The second-order valence-electron chi connectivity index (χ2n) is 6.63. The van der Waals surface area contributed by atoms with Gasteiger partial charge in [0.25, 0.3) is 0 Å². The Hall–Kier alpha value is -0.610. The number of aliphatic carboxylic acids is 1. The zero-order valence-electron chi connectivity index (χ0n) is 12.5. The fourth-order valence-corrected chi connectivity index (χ4v) is 3.74. The van der Waals surface area contributed by atoms with Crippen LogP contribution in [0.4, 0.5) is 0 Å². The molecule has 4 heteroatoms. The third kappa shape index (κ3) is 4.74. The second-order valence-corrected chi connectivity index (χ2v) is 6.63. The van der Waals surface area contributed by atoms with Crippen molar-refractivity contribution in [1.29, 1.82) is 0 Å². The molecule has 4 nitrogen and oxygen atoms in total. The summed E-state index contributed by atoms with van der Waals surface area (Å²) in [6, 6.07) is 0. The number of carbonyl (C=O) groups is 1. The van der Waals surface area contributed by atoms with E-state index in [0.717, 1.165) is 31.8 Å². The van der Waals surface area contributed by atoms with Crippen LogP contribution in [0, 0.1) is 11.8 Å². The molecule has 1 atom stereocenters. The van der Waals surface area contributed by atoms with E-state index in [1.807, 2.05) is 0 Å². The van der Waals surface area contributed by atoms with Gasteiger partial charge in [-0.2, -0.15) is 0 Å². The maximum Gasteiger partial charge on any atom is 0.332 e. The molecule has 20 heavy (non-hydrogen) atoms. The summed E-state index contributed by atoms with van der Waals surface area (Å²) in [6.07, 6.45) is 10.1. The van der Waals surface area contributed by atoms with Crippen molar-refractivity contribution in [2.45, 2.75) is 63.9 Å². The van der Waals surface area contributed by atoms with Crippen molar-refractivity contribution in [3.8, 4) is 0 Å². The van der Waals surface area contributed by atoms with Gasteiger partial charge in [0, 0.05) is 6.54 Å². The standard InChI is InChI=1S/C16H29NO3/c18-15(16(19)20)14-8-10-17(11-9-14)12-13-6-4-2-1-3-5-7-13/h13-15,18H,1-12H2,(H,19,20). The first-order valence-electron chi connectivity index (χ1n) is 8.30. The molecule has 0 aromatic rings. The molecule has 0 aromatic carbocycles. The number of likely N-dealkylation sites (tertiary alicyclic amines) is 1. The van der Waals surface area contributed by atoms with E-state index in [0.29, 0.717) is 0 Å². The smallest absolute Gasteiger partial charge is 0.332 e. The van der Waals surface area contributed by atoms with Crippen molar-refractivity contribution in [1.82, 2.24) is 4.90 Å². The van der Waals surface area contributed by atoms with E-state index < -0.39 is 12.1 Å². The molecule has 1 saturated heterocycles. The van der Waals surface area contributed by atoms with Crippen LogP contribution < -0.4 is 0 Å². The number of aliphatic hydroxyl groups excluding tert-OH is 1. The Morgan fingerprint density at radius 1 is 1.00 bits per heavy atom. The summed E-state index contributed by atoms with van der Waals surface area (Å²) in [5.41, 5.74) is 0. The molecule has 2 aliphatic rings. The summed E-state index contributed by atoms with van der Waals surface area (Å²) in [7, 11) is 0. The fourth-order valence-electron chi connectivity index (χ4n) is 3.74. The Balaban J connectivity index is 1.71. The van der Waals surface area contributed by atoms with Crippen LogP contribution in [0.3, 0.4) is 0 Å². The number of aliphatic hydroxyl groups is 1. The van der Waals surface area contributed by atoms with E-state index in [2.05, 4.69) is 4.90 Å². The maximum atomic E-state index is 10.8. The lowest BCUT2D eigenvalue weighted by Gasteiger charge is -2.35. The van der Waals surface area contributed by atoms with Gasteiger partial charge in [-0.05, 0) is 50.6 Å². The SMILES string of the molecule is O=C(O)C(O)C1CCN(CC2CCCCCCC2)CC1. The van der Waals surface area contributed by atoms with Crippen LogP contribution in [0.2, 0.25) is 0 Å². The maximum absolute atomic E-state index is 10.8. The van der Waals surface area contributed by atoms with E-state index in [9.17, 15) is 9.90 Å².